The Balaban J connectivity index is 1.95. The van der Waals surface area contributed by atoms with Crippen LogP contribution in [-0.2, 0) is 26.2 Å². The smallest absolute Gasteiger partial charge is 0.244 e. The molecule has 0 aliphatic heterocycles. The van der Waals surface area contributed by atoms with Crippen molar-refractivity contribution in [3.8, 4) is 0 Å². The third-order valence-electron chi connectivity index (χ3n) is 6.52. The van der Waals surface area contributed by atoms with Gasteiger partial charge in [-0.25, -0.2) is 8.42 Å². The second-order valence-electron chi connectivity index (χ2n) is 9.24. The summed E-state index contributed by atoms with van der Waals surface area (Å²) < 4.78 is 27.2. The number of halogens is 3. The third-order valence-corrected chi connectivity index (χ3v) is 8.90. The molecule has 1 N–H and O–H groups in total. The molecule has 0 heterocycles. The highest BCUT2D eigenvalue weighted by Crippen LogP contribution is 2.28. The van der Waals surface area contributed by atoms with Gasteiger partial charge in [-0.2, -0.15) is 0 Å². The Morgan fingerprint density at radius 1 is 1.05 bits per heavy atom. The quantitative estimate of drug-likeness (QED) is 0.360. The summed E-state index contributed by atoms with van der Waals surface area (Å²) in [7, 11) is -3.81. The Morgan fingerprint density at radius 2 is 1.65 bits per heavy atom. The van der Waals surface area contributed by atoms with Crippen molar-refractivity contribution in [2.24, 2.45) is 0 Å². The van der Waals surface area contributed by atoms with Crippen molar-refractivity contribution in [3.05, 3.63) is 62.5 Å². The molecule has 2 amide bonds. The molecule has 1 aliphatic rings. The van der Waals surface area contributed by atoms with Crippen LogP contribution in [-0.4, -0.2) is 50.0 Å². The highest BCUT2D eigenvalue weighted by molar-refractivity contribution is 9.10. The predicted octanol–water partition coefficient (Wildman–Crippen LogP) is 5.78. The molecule has 1 unspecified atom stereocenters. The summed E-state index contributed by atoms with van der Waals surface area (Å²) in [6, 6.07) is 10.9. The molecule has 1 aliphatic carbocycles. The molecule has 7 nitrogen and oxygen atoms in total. The Morgan fingerprint density at radius 3 is 2.19 bits per heavy atom. The molecule has 1 saturated carbocycles. The molecule has 202 valence electrons. The minimum absolute atomic E-state index is 0.0358. The molecule has 2 aromatic rings. The van der Waals surface area contributed by atoms with Crippen LogP contribution in [0.1, 0.15) is 51.0 Å². The fourth-order valence-electron chi connectivity index (χ4n) is 4.54. The van der Waals surface area contributed by atoms with Gasteiger partial charge in [-0.1, -0.05) is 71.4 Å². The van der Waals surface area contributed by atoms with Gasteiger partial charge < -0.3 is 10.2 Å². The molecule has 1 fully saturated rings. The van der Waals surface area contributed by atoms with Gasteiger partial charge in [0.25, 0.3) is 0 Å². The SMILES string of the molecule is CCC(C(=O)NC1CCCCC1)N(Cc1c(Cl)cccc1Cl)C(=O)CN(c1ccc(Br)cc1)S(C)(=O)=O. The van der Waals surface area contributed by atoms with E-state index in [2.05, 4.69) is 21.2 Å². The number of hydrogen-bond acceptors (Lipinski definition) is 4. The number of amides is 2. The Hall–Kier alpha value is -1.81. The van der Waals surface area contributed by atoms with Crippen molar-refractivity contribution < 1.29 is 18.0 Å². The van der Waals surface area contributed by atoms with Crippen molar-refractivity contribution in [3.63, 3.8) is 0 Å². The lowest BCUT2D eigenvalue weighted by Crippen LogP contribution is -2.54. The Labute approximate surface area is 237 Å². The number of hydrogen-bond donors (Lipinski definition) is 1. The first kappa shape index (κ1) is 29.7. The molecule has 0 aromatic heterocycles. The number of benzene rings is 2. The van der Waals surface area contributed by atoms with Gasteiger partial charge in [0.15, 0.2) is 0 Å². The fraction of sp³-hybridized carbons (Fsp3) is 0.462. The molecular weight excluding hydrogens is 601 g/mol. The zero-order chi connectivity index (χ0) is 27.2. The average Bonchev–Trinajstić information content (AvgIpc) is 2.84. The first-order valence-electron chi connectivity index (χ1n) is 12.3. The van der Waals surface area contributed by atoms with Crippen LogP contribution in [0.3, 0.4) is 0 Å². The number of rotatable bonds is 10. The highest BCUT2D eigenvalue weighted by Gasteiger charge is 2.33. The van der Waals surface area contributed by atoms with Crippen LogP contribution < -0.4 is 9.62 Å². The van der Waals surface area contributed by atoms with Crippen LogP contribution in [0, 0.1) is 0 Å². The standard InChI is InChI=1S/C26H32BrCl2N3O4S/c1-3-24(26(34)30-19-8-5-4-6-9-19)31(16-21-22(28)10-7-11-23(21)29)25(33)17-32(37(2,35)36)20-14-12-18(27)13-15-20/h7,10-15,19,24H,3-6,8-9,16-17H2,1-2H3,(H,30,34). The van der Waals surface area contributed by atoms with E-state index in [-0.39, 0.29) is 18.5 Å². The van der Waals surface area contributed by atoms with Crippen LogP contribution in [0.15, 0.2) is 46.9 Å². The molecule has 0 radical (unpaired) electrons. The number of anilines is 1. The molecule has 11 heteroatoms. The maximum Gasteiger partial charge on any atom is 0.244 e. The van der Waals surface area contributed by atoms with Crippen LogP contribution in [0.5, 0.6) is 0 Å². The third kappa shape index (κ3) is 8.09. The molecule has 1 atom stereocenters. The van der Waals surface area contributed by atoms with Crippen molar-refractivity contribution in [1.82, 2.24) is 10.2 Å². The molecule has 2 aromatic carbocycles. The monoisotopic (exact) mass is 631 g/mol. The van der Waals surface area contributed by atoms with Crippen molar-refractivity contribution in [2.75, 3.05) is 17.1 Å². The van der Waals surface area contributed by atoms with E-state index in [4.69, 9.17) is 23.2 Å². The van der Waals surface area contributed by atoms with Gasteiger partial charge in [-0.05, 0) is 55.7 Å². The van der Waals surface area contributed by atoms with E-state index >= 15 is 0 Å². The summed E-state index contributed by atoms with van der Waals surface area (Å²) in [5, 5.41) is 3.83. The minimum atomic E-state index is -3.81. The zero-order valence-corrected chi connectivity index (χ0v) is 24.8. The van der Waals surface area contributed by atoms with Crippen LogP contribution >= 0.6 is 39.1 Å². The van der Waals surface area contributed by atoms with Crippen LogP contribution in [0.25, 0.3) is 0 Å². The number of nitrogens with zero attached hydrogens (tertiary/aromatic N) is 2. The lowest BCUT2D eigenvalue weighted by molar-refractivity contribution is -0.140. The topological polar surface area (TPSA) is 86.8 Å². The maximum atomic E-state index is 13.8. The number of nitrogens with one attached hydrogen (secondary N) is 1. The fourth-order valence-corrected chi connectivity index (χ4v) is 6.17. The van der Waals surface area contributed by atoms with E-state index in [0.29, 0.717) is 27.7 Å². The van der Waals surface area contributed by atoms with Crippen molar-refractivity contribution >= 4 is 66.7 Å². The first-order chi connectivity index (χ1) is 17.5. The van der Waals surface area contributed by atoms with Gasteiger partial charge >= 0.3 is 0 Å². The van der Waals surface area contributed by atoms with Gasteiger partial charge in [0.1, 0.15) is 12.6 Å². The number of sulfonamides is 1. The molecule has 0 saturated heterocycles. The summed E-state index contributed by atoms with van der Waals surface area (Å²) in [4.78, 5) is 28.6. The predicted molar refractivity (Wildman–Crippen MR) is 152 cm³/mol. The minimum Gasteiger partial charge on any atom is -0.352 e. The van der Waals surface area contributed by atoms with E-state index in [1.54, 1.807) is 42.5 Å². The Kier molecular flexibility index (Phi) is 10.7. The van der Waals surface area contributed by atoms with Gasteiger partial charge in [-0.15, -0.1) is 0 Å². The largest absolute Gasteiger partial charge is 0.352 e. The van der Waals surface area contributed by atoms with E-state index in [9.17, 15) is 18.0 Å². The average molecular weight is 633 g/mol. The summed E-state index contributed by atoms with van der Waals surface area (Å²) in [5.41, 5.74) is 0.840. The second-order valence-corrected chi connectivity index (χ2v) is 12.9. The molecule has 3 rings (SSSR count). The van der Waals surface area contributed by atoms with Crippen LogP contribution in [0.2, 0.25) is 10.0 Å². The summed E-state index contributed by atoms with van der Waals surface area (Å²) in [6.45, 7) is 1.31. The van der Waals surface area contributed by atoms with Gasteiger partial charge in [0.05, 0.1) is 11.9 Å². The van der Waals surface area contributed by atoms with E-state index in [0.717, 1.165) is 47.1 Å². The zero-order valence-electron chi connectivity index (χ0n) is 20.9. The van der Waals surface area contributed by atoms with Crippen molar-refractivity contribution in [1.29, 1.82) is 0 Å². The van der Waals surface area contributed by atoms with Gasteiger partial charge in [0.2, 0.25) is 21.8 Å². The molecule has 37 heavy (non-hydrogen) atoms. The Bertz CT molecular complexity index is 1180. The molecular formula is C26H32BrCl2N3O4S. The lowest BCUT2D eigenvalue weighted by atomic mass is 9.95. The van der Waals surface area contributed by atoms with E-state index < -0.39 is 28.5 Å². The summed E-state index contributed by atoms with van der Waals surface area (Å²) in [6.07, 6.45) is 6.44. The second kappa shape index (κ2) is 13.3. The lowest BCUT2D eigenvalue weighted by Gasteiger charge is -2.34. The van der Waals surface area contributed by atoms with E-state index in [1.807, 2.05) is 6.92 Å². The highest BCUT2D eigenvalue weighted by atomic mass is 79.9. The first-order valence-corrected chi connectivity index (χ1v) is 15.7. The molecule has 0 bridgehead atoms. The number of carbonyl (C=O) groups excluding carboxylic acids is 2. The summed E-state index contributed by atoms with van der Waals surface area (Å²) >= 11 is 16.2. The normalized spacial score (nSPS) is 15.2. The molecule has 0 spiro atoms. The van der Waals surface area contributed by atoms with Crippen molar-refractivity contribution in [2.45, 2.75) is 64.1 Å². The maximum absolute atomic E-state index is 13.8. The van der Waals surface area contributed by atoms with Gasteiger partial charge in [-0.3, -0.25) is 13.9 Å². The van der Waals surface area contributed by atoms with Crippen LogP contribution in [0.4, 0.5) is 5.69 Å². The summed E-state index contributed by atoms with van der Waals surface area (Å²) in [5.74, 6) is -0.796. The van der Waals surface area contributed by atoms with Gasteiger partial charge in [0, 0.05) is 32.7 Å². The van der Waals surface area contributed by atoms with E-state index in [1.165, 1.54) is 4.90 Å². The number of carbonyl (C=O) groups is 2.